The Hall–Kier alpha value is -3.02. The van der Waals surface area contributed by atoms with Crippen LogP contribution in [0.1, 0.15) is 54.7 Å². The lowest BCUT2D eigenvalue weighted by Gasteiger charge is -2.22. The molecule has 0 heterocycles. The van der Waals surface area contributed by atoms with E-state index in [1.807, 2.05) is 12.1 Å². The van der Waals surface area contributed by atoms with Gasteiger partial charge >= 0.3 is 0 Å². The number of nitrogens with one attached hydrogen (secondary N) is 1. The molecule has 6 heteroatoms. The molecule has 2 rings (SSSR count). The van der Waals surface area contributed by atoms with Crippen LogP contribution >= 0.6 is 0 Å². The average Bonchev–Trinajstić information content (AvgIpc) is 2.65. The minimum atomic E-state index is -1.26. The van der Waals surface area contributed by atoms with Gasteiger partial charge in [0.15, 0.2) is 11.5 Å². The van der Waals surface area contributed by atoms with Crippen molar-refractivity contribution < 1.29 is 24.2 Å². The molecule has 1 N–H and O–H groups in total. The Morgan fingerprint density at radius 3 is 2.11 bits per heavy atom. The third-order valence-electron chi connectivity index (χ3n) is 4.50. The van der Waals surface area contributed by atoms with Crippen LogP contribution in [0.15, 0.2) is 42.5 Å². The van der Waals surface area contributed by atoms with Gasteiger partial charge in [-0.05, 0) is 40.8 Å². The van der Waals surface area contributed by atoms with Gasteiger partial charge in [0, 0.05) is 18.0 Å². The Balaban J connectivity index is 2.27. The highest BCUT2D eigenvalue weighted by molar-refractivity contribution is 5.94. The Bertz CT molecular complexity index is 837. The van der Waals surface area contributed by atoms with E-state index in [9.17, 15) is 14.7 Å². The molecule has 2 aromatic carbocycles. The molecule has 0 aromatic heterocycles. The van der Waals surface area contributed by atoms with E-state index in [0.717, 1.165) is 5.56 Å². The summed E-state index contributed by atoms with van der Waals surface area (Å²) < 4.78 is 10.5. The Morgan fingerprint density at radius 1 is 1.00 bits per heavy atom. The predicted molar refractivity (Wildman–Crippen MR) is 105 cm³/mol. The summed E-state index contributed by atoms with van der Waals surface area (Å²) in [6.45, 7) is 6.28. The van der Waals surface area contributed by atoms with Crippen molar-refractivity contribution in [3.8, 4) is 11.5 Å². The maximum atomic E-state index is 12.7. The number of hydrogen-bond donors (Lipinski definition) is 1. The minimum Gasteiger partial charge on any atom is -0.550 e. The van der Waals surface area contributed by atoms with Crippen LogP contribution in [0.3, 0.4) is 0 Å². The van der Waals surface area contributed by atoms with E-state index < -0.39 is 12.0 Å². The van der Waals surface area contributed by atoms with E-state index in [0.29, 0.717) is 22.6 Å². The maximum absolute atomic E-state index is 12.7. The molecule has 0 saturated carbocycles. The second-order valence-electron chi connectivity index (χ2n) is 7.54. The average molecular weight is 384 g/mol. The van der Waals surface area contributed by atoms with Gasteiger partial charge < -0.3 is 24.7 Å². The molecule has 0 bridgehead atoms. The van der Waals surface area contributed by atoms with Crippen LogP contribution in [0.2, 0.25) is 0 Å². The van der Waals surface area contributed by atoms with Crippen LogP contribution in [0.4, 0.5) is 0 Å². The number of methoxy groups -OCH3 is 2. The Labute approximate surface area is 165 Å². The minimum absolute atomic E-state index is 0.0217. The number of benzene rings is 2. The molecule has 150 valence electrons. The molecule has 0 unspecified atom stereocenters. The molecule has 0 aliphatic carbocycles. The highest BCUT2D eigenvalue weighted by Crippen LogP contribution is 2.31. The van der Waals surface area contributed by atoms with Gasteiger partial charge in [0.05, 0.1) is 20.3 Å². The third kappa shape index (κ3) is 5.25. The topological polar surface area (TPSA) is 87.7 Å². The van der Waals surface area contributed by atoms with Gasteiger partial charge in [0.2, 0.25) is 0 Å². The van der Waals surface area contributed by atoms with Crippen LogP contribution < -0.4 is 19.9 Å². The van der Waals surface area contributed by atoms with Gasteiger partial charge in [0.25, 0.3) is 5.91 Å². The van der Waals surface area contributed by atoms with Crippen molar-refractivity contribution in [1.29, 1.82) is 0 Å². The van der Waals surface area contributed by atoms with Gasteiger partial charge in [0.1, 0.15) is 0 Å². The third-order valence-corrected chi connectivity index (χ3v) is 4.50. The zero-order valence-corrected chi connectivity index (χ0v) is 16.9. The fourth-order valence-corrected chi connectivity index (χ4v) is 2.85. The summed E-state index contributed by atoms with van der Waals surface area (Å²) in [5, 5.41) is 14.0. The van der Waals surface area contributed by atoms with E-state index in [2.05, 4.69) is 26.1 Å². The molecule has 2 aromatic rings. The summed E-state index contributed by atoms with van der Waals surface area (Å²) in [7, 11) is 3.00. The second kappa shape index (κ2) is 8.78. The van der Waals surface area contributed by atoms with Crippen LogP contribution in [-0.4, -0.2) is 26.1 Å². The largest absolute Gasteiger partial charge is 0.550 e. The number of hydrogen-bond acceptors (Lipinski definition) is 5. The van der Waals surface area contributed by atoms with Crippen molar-refractivity contribution in [2.24, 2.45) is 0 Å². The lowest BCUT2D eigenvalue weighted by Crippen LogP contribution is -2.34. The van der Waals surface area contributed by atoms with E-state index in [1.165, 1.54) is 14.2 Å². The number of carbonyl (C=O) groups excluding carboxylic acids is 2. The van der Waals surface area contributed by atoms with Crippen LogP contribution in [0.25, 0.3) is 0 Å². The van der Waals surface area contributed by atoms with E-state index in [1.54, 1.807) is 30.3 Å². The lowest BCUT2D eigenvalue weighted by atomic mass is 9.86. The quantitative estimate of drug-likeness (QED) is 0.793. The summed E-state index contributed by atoms with van der Waals surface area (Å²) in [5.41, 5.74) is 2.13. The van der Waals surface area contributed by atoms with Crippen LogP contribution in [0, 0.1) is 0 Å². The van der Waals surface area contributed by atoms with Gasteiger partial charge in [-0.2, -0.15) is 0 Å². The normalized spacial score (nSPS) is 12.2. The molecule has 0 radical (unpaired) electrons. The molecule has 0 spiro atoms. The van der Waals surface area contributed by atoms with Gasteiger partial charge in [-0.3, -0.25) is 4.79 Å². The first-order valence-corrected chi connectivity index (χ1v) is 8.99. The van der Waals surface area contributed by atoms with Crippen LogP contribution in [-0.2, 0) is 10.2 Å². The summed E-state index contributed by atoms with van der Waals surface area (Å²) in [5.74, 6) is -0.653. The van der Waals surface area contributed by atoms with Crippen molar-refractivity contribution in [2.45, 2.75) is 38.6 Å². The Morgan fingerprint density at radius 2 is 1.61 bits per heavy atom. The van der Waals surface area contributed by atoms with Crippen LogP contribution in [0.5, 0.6) is 11.5 Å². The molecule has 6 nitrogen and oxygen atoms in total. The first-order chi connectivity index (χ1) is 13.2. The van der Waals surface area contributed by atoms with Crippen molar-refractivity contribution in [2.75, 3.05) is 14.2 Å². The Kier molecular flexibility index (Phi) is 6.67. The molecule has 0 saturated heterocycles. The maximum Gasteiger partial charge on any atom is 0.251 e. The number of rotatable bonds is 7. The highest BCUT2D eigenvalue weighted by Gasteiger charge is 2.19. The molecular formula is C22H26NO5-. The molecular weight excluding hydrogens is 358 g/mol. The number of carboxylic acid groups (broad SMARTS) is 1. The van der Waals surface area contributed by atoms with Crippen molar-refractivity contribution in [3.05, 3.63) is 59.2 Å². The molecule has 1 atom stereocenters. The summed E-state index contributed by atoms with van der Waals surface area (Å²) in [6, 6.07) is 11.5. The number of carboxylic acids is 1. The van der Waals surface area contributed by atoms with Gasteiger partial charge in [-0.1, -0.05) is 39.0 Å². The van der Waals surface area contributed by atoms with E-state index in [4.69, 9.17) is 9.47 Å². The van der Waals surface area contributed by atoms with Gasteiger partial charge in [-0.15, -0.1) is 0 Å². The number of aliphatic carboxylic acids is 1. The van der Waals surface area contributed by atoms with Crippen molar-refractivity contribution in [3.63, 3.8) is 0 Å². The van der Waals surface area contributed by atoms with Crippen molar-refractivity contribution in [1.82, 2.24) is 5.32 Å². The zero-order valence-electron chi connectivity index (χ0n) is 16.9. The molecule has 1 amide bonds. The summed E-state index contributed by atoms with van der Waals surface area (Å²) >= 11 is 0. The SMILES string of the molecule is COc1ccc([C@@H](CC(=O)[O-])NC(=O)c2ccc(C(C)(C)C)cc2)cc1OC. The fourth-order valence-electron chi connectivity index (χ4n) is 2.85. The number of carbonyl (C=O) groups is 2. The van der Waals surface area contributed by atoms with Gasteiger partial charge in [-0.25, -0.2) is 0 Å². The smallest absolute Gasteiger partial charge is 0.251 e. The second-order valence-corrected chi connectivity index (χ2v) is 7.54. The molecule has 0 aliphatic heterocycles. The highest BCUT2D eigenvalue weighted by atomic mass is 16.5. The van der Waals surface area contributed by atoms with E-state index in [-0.39, 0.29) is 17.7 Å². The van der Waals surface area contributed by atoms with Crippen molar-refractivity contribution >= 4 is 11.9 Å². The van der Waals surface area contributed by atoms with E-state index >= 15 is 0 Å². The predicted octanol–water partition coefficient (Wildman–Crippen LogP) is 2.61. The monoisotopic (exact) mass is 384 g/mol. The lowest BCUT2D eigenvalue weighted by molar-refractivity contribution is -0.306. The molecule has 28 heavy (non-hydrogen) atoms. The first kappa shape index (κ1) is 21.3. The number of amides is 1. The standard InChI is InChI=1S/C22H27NO5/c1-22(2,3)16-9-6-14(7-10-16)21(26)23-17(13-20(24)25)15-8-11-18(27-4)19(12-15)28-5/h6-12,17H,13H2,1-5H3,(H,23,26)(H,24,25)/p-1/t17-/m1/s1. The summed E-state index contributed by atoms with van der Waals surface area (Å²) in [4.78, 5) is 23.9. The molecule has 0 aliphatic rings. The molecule has 0 fully saturated rings. The number of ether oxygens (including phenoxy) is 2. The fraction of sp³-hybridized carbons (Fsp3) is 0.364. The zero-order chi connectivity index (χ0) is 20.9. The summed E-state index contributed by atoms with van der Waals surface area (Å²) in [6.07, 6.45) is -0.360. The first-order valence-electron chi connectivity index (χ1n) is 8.99.